The number of hydrogen-bond donors (Lipinski definition) is 1. The van der Waals surface area contributed by atoms with Gasteiger partial charge in [0.05, 0.1) is 36.8 Å². The number of carbonyl (C=O) groups excluding carboxylic acids is 3. The molecule has 9 rings (SSSR count). The number of nitrogens with zero attached hydrogens (tertiary/aromatic N) is 6. The van der Waals surface area contributed by atoms with E-state index in [0.29, 0.717) is 43.9 Å². The largest absolute Gasteiger partial charge is 0.332 e. The van der Waals surface area contributed by atoms with Gasteiger partial charge in [0.15, 0.2) is 5.82 Å². The van der Waals surface area contributed by atoms with E-state index in [4.69, 9.17) is 4.98 Å². The number of para-hydroxylation sites is 1. The fraction of sp³-hybridized carbons (Fsp3) is 0.231. The van der Waals surface area contributed by atoms with Gasteiger partial charge in [0.2, 0.25) is 11.8 Å². The van der Waals surface area contributed by atoms with Crippen LogP contribution >= 0.6 is 0 Å². The maximum absolute atomic E-state index is 13.6. The van der Waals surface area contributed by atoms with Gasteiger partial charge in [0, 0.05) is 79.2 Å². The normalized spacial score (nSPS) is 16.8. The lowest BCUT2D eigenvalue weighted by Gasteiger charge is -2.32. The molecule has 2 saturated heterocycles. The topological polar surface area (TPSA) is 112 Å². The number of fused-ring (bicyclic) bond motifs is 2. The smallest absolute Gasteiger partial charge is 0.254 e. The number of pyridine rings is 1. The number of nitrogens with one attached hydrogen (secondary N) is 1. The Balaban J connectivity index is 0.711. The number of rotatable bonds is 7. The summed E-state index contributed by atoms with van der Waals surface area (Å²) in [6.07, 6.45) is 9.46. The van der Waals surface area contributed by atoms with Crippen LogP contribution in [0.5, 0.6) is 0 Å². The first-order chi connectivity index (χ1) is 30.4. The quantitative estimate of drug-likeness (QED) is 0.109. The van der Waals surface area contributed by atoms with Crippen LogP contribution in [0.15, 0.2) is 116 Å². The number of benzene rings is 4. The number of piperazine rings is 1. The van der Waals surface area contributed by atoms with Crippen molar-refractivity contribution in [3.8, 4) is 35.1 Å². The molecule has 2 aromatic heterocycles. The van der Waals surface area contributed by atoms with E-state index in [1.54, 1.807) is 6.20 Å². The van der Waals surface area contributed by atoms with Crippen molar-refractivity contribution in [2.45, 2.75) is 31.7 Å². The molecule has 0 saturated carbocycles. The Kier molecular flexibility index (Phi) is 12.0. The molecular formula is C52H45N7O3. The van der Waals surface area contributed by atoms with Gasteiger partial charge in [-0.25, -0.2) is 9.97 Å². The first-order valence-electron chi connectivity index (χ1n) is 21.1. The van der Waals surface area contributed by atoms with Crippen LogP contribution in [-0.2, 0) is 22.6 Å². The van der Waals surface area contributed by atoms with Crippen LogP contribution in [0.4, 0.5) is 0 Å². The number of amides is 3. The molecule has 306 valence electrons. The summed E-state index contributed by atoms with van der Waals surface area (Å²) in [7, 11) is 0. The van der Waals surface area contributed by atoms with E-state index in [1.165, 1.54) is 0 Å². The van der Waals surface area contributed by atoms with Crippen LogP contribution in [0.3, 0.4) is 0 Å². The lowest BCUT2D eigenvalue weighted by molar-refractivity contribution is -0.134. The van der Waals surface area contributed by atoms with Gasteiger partial charge in [0.1, 0.15) is 0 Å². The summed E-state index contributed by atoms with van der Waals surface area (Å²) in [4.78, 5) is 57.9. The Labute approximate surface area is 361 Å². The van der Waals surface area contributed by atoms with E-state index in [1.807, 2.05) is 83.9 Å². The average molecular weight is 816 g/mol. The Morgan fingerprint density at radius 3 is 2.05 bits per heavy atom. The second-order valence-electron chi connectivity index (χ2n) is 15.9. The van der Waals surface area contributed by atoms with Crippen LogP contribution in [-0.4, -0.2) is 93.2 Å². The summed E-state index contributed by atoms with van der Waals surface area (Å²) in [6, 6.07) is 33.8. The zero-order valence-electron chi connectivity index (χ0n) is 34.4. The summed E-state index contributed by atoms with van der Waals surface area (Å²) >= 11 is 0. The fourth-order valence-corrected chi connectivity index (χ4v) is 8.02. The van der Waals surface area contributed by atoms with Crippen molar-refractivity contribution in [1.82, 2.24) is 35.0 Å². The fourth-order valence-electron chi connectivity index (χ4n) is 8.02. The lowest BCUT2D eigenvalue weighted by atomic mass is 9.90. The van der Waals surface area contributed by atoms with Crippen LogP contribution in [0, 0.1) is 23.7 Å². The van der Waals surface area contributed by atoms with Gasteiger partial charge >= 0.3 is 0 Å². The molecule has 10 nitrogen and oxygen atoms in total. The molecule has 3 amide bonds. The maximum Gasteiger partial charge on any atom is 0.254 e. The number of aromatic nitrogens is 3. The summed E-state index contributed by atoms with van der Waals surface area (Å²) in [5.41, 5.74) is 9.31. The van der Waals surface area contributed by atoms with Gasteiger partial charge in [-0.3, -0.25) is 34.5 Å². The molecule has 4 aromatic carbocycles. The van der Waals surface area contributed by atoms with Crippen molar-refractivity contribution in [3.63, 3.8) is 0 Å². The van der Waals surface area contributed by atoms with Gasteiger partial charge in [-0.05, 0) is 83.6 Å². The molecule has 0 aliphatic carbocycles. The molecule has 0 radical (unpaired) electrons. The summed E-state index contributed by atoms with van der Waals surface area (Å²) < 4.78 is 0. The second kappa shape index (κ2) is 18.6. The standard InChI is InChI=1S/C52H45N7O3/c60-49-24-23-46(51(61)56-49)41-19-15-38(16-20-41)6-4-27-58-31-29-57(30-32-58)26-3-5-37-9-11-39(12-10-37)13-14-40-17-21-42(22-18-40)52(62)59-28-25-44-34-54-50(55-48(44)36-59)45-33-43-7-1-2-8-47(43)53-35-45/h1-2,7-22,33-35,46H,23-32,36H2,(H,56,60,61)/b14-13+. The van der Waals surface area contributed by atoms with Gasteiger partial charge < -0.3 is 4.90 Å². The molecule has 1 atom stereocenters. The molecule has 6 aromatic rings. The number of carbonyl (C=O) groups is 3. The Hall–Kier alpha value is -7.24. The van der Waals surface area contributed by atoms with Crippen LogP contribution in [0.2, 0.25) is 0 Å². The zero-order valence-corrected chi connectivity index (χ0v) is 34.4. The van der Waals surface area contributed by atoms with Crippen molar-refractivity contribution in [3.05, 3.63) is 160 Å². The van der Waals surface area contributed by atoms with Crippen LogP contribution in [0.25, 0.3) is 34.4 Å². The minimum atomic E-state index is -0.276. The van der Waals surface area contributed by atoms with Crippen molar-refractivity contribution in [2.24, 2.45) is 0 Å². The Bertz CT molecular complexity index is 2790. The predicted octanol–water partition coefficient (Wildman–Crippen LogP) is 6.60. The molecule has 62 heavy (non-hydrogen) atoms. The molecule has 3 aliphatic heterocycles. The molecule has 3 aliphatic rings. The molecule has 5 heterocycles. The van der Waals surface area contributed by atoms with E-state index in [2.05, 4.69) is 91.3 Å². The molecule has 0 spiro atoms. The Morgan fingerprint density at radius 1 is 0.726 bits per heavy atom. The van der Waals surface area contributed by atoms with E-state index < -0.39 is 0 Å². The van der Waals surface area contributed by atoms with E-state index >= 15 is 0 Å². The van der Waals surface area contributed by atoms with E-state index in [0.717, 1.165) is 94.7 Å². The highest BCUT2D eigenvalue weighted by atomic mass is 16.2. The molecule has 10 heteroatoms. The van der Waals surface area contributed by atoms with Crippen LogP contribution < -0.4 is 5.32 Å². The molecule has 1 unspecified atom stereocenters. The minimum Gasteiger partial charge on any atom is -0.332 e. The molecular weight excluding hydrogens is 771 g/mol. The maximum atomic E-state index is 13.6. The number of imide groups is 1. The summed E-state index contributed by atoms with van der Waals surface area (Å²) in [6.45, 7) is 6.29. The van der Waals surface area contributed by atoms with Gasteiger partial charge in [-0.1, -0.05) is 90.4 Å². The van der Waals surface area contributed by atoms with Gasteiger partial charge in [-0.2, -0.15) is 0 Å². The minimum absolute atomic E-state index is 0.00579. The van der Waals surface area contributed by atoms with Crippen molar-refractivity contribution in [1.29, 1.82) is 0 Å². The predicted molar refractivity (Wildman–Crippen MR) is 241 cm³/mol. The third-order valence-corrected chi connectivity index (χ3v) is 11.7. The second-order valence-corrected chi connectivity index (χ2v) is 15.9. The highest BCUT2D eigenvalue weighted by Crippen LogP contribution is 2.26. The number of piperidine rings is 1. The number of hydrogen-bond acceptors (Lipinski definition) is 8. The molecule has 1 N–H and O–H groups in total. The molecule has 2 fully saturated rings. The van der Waals surface area contributed by atoms with E-state index in [-0.39, 0.29) is 23.6 Å². The lowest BCUT2D eigenvalue weighted by Crippen LogP contribution is -2.46. The van der Waals surface area contributed by atoms with Crippen molar-refractivity contribution < 1.29 is 14.4 Å². The third kappa shape index (κ3) is 9.69. The summed E-state index contributed by atoms with van der Waals surface area (Å²) in [5, 5.41) is 3.46. The first kappa shape index (κ1) is 40.2. The molecule has 0 bridgehead atoms. The highest BCUT2D eigenvalue weighted by molar-refractivity contribution is 6.01. The first-order valence-corrected chi connectivity index (χ1v) is 21.1. The van der Waals surface area contributed by atoms with Gasteiger partial charge in [0.25, 0.3) is 5.91 Å². The van der Waals surface area contributed by atoms with Crippen LogP contribution in [0.1, 0.15) is 68.2 Å². The van der Waals surface area contributed by atoms with E-state index in [9.17, 15) is 14.4 Å². The zero-order chi connectivity index (χ0) is 42.3. The van der Waals surface area contributed by atoms with Crippen molar-refractivity contribution in [2.75, 3.05) is 45.8 Å². The highest BCUT2D eigenvalue weighted by Gasteiger charge is 2.28. The van der Waals surface area contributed by atoms with Crippen molar-refractivity contribution >= 4 is 40.8 Å². The van der Waals surface area contributed by atoms with Gasteiger partial charge in [-0.15, -0.1) is 0 Å². The summed E-state index contributed by atoms with van der Waals surface area (Å²) in [5.74, 6) is 13.1. The average Bonchev–Trinajstić information content (AvgIpc) is 3.31. The Morgan fingerprint density at radius 2 is 1.37 bits per heavy atom. The monoisotopic (exact) mass is 815 g/mol. The SMILES string of the molecule is O=C1CCC(c2ccc(C#CCN3CCN(CC#Cc4ccc(/C=C/c5ccc(C(=O)N6CCc7cnc(-c8cnc9ccccc9c8)nc7C6)cc5)cc4)CC3)cc2)C(=O)N1. The third-order valence-electron chi connectivity index (χ3n) is 11.7.